The first-order valence-corrected chi connectivity index (χ1v) is 6.83. The van der Waals surface area contributed by atoms with Crippen molar-refractivity contribution in [2.24, 2.45) is 0 Å². The van der Waals surface area contributed by atoms with Gasteiger partial charge in [-0.25, -0.2) is 13.1 Å². The highest BCUT2D eigenvalue weighted by atomic mass is 32.2. The van der Waals surface area contributed by atoms with Gasteiger partial charge < -0.3 is 0 Å². The van der Waals surface area contributed by atoms with Gasteiger partial charge in [-0.05, 0) is 33.6 Å². The van der Waals surface area contributed by atoms with Crippen LogP contribution >= 0.6 is 0 Å². The van der Waals surface area contributed by atoms with Crippen LogP contribution in [0.3, 0.4) is 0 Å². The first kappa shape index (κ1) is 12.0. The van der Waals surface area contributed by atoms with Crippen molar-refractivity contribution in [3.63, 3.8) is 0 Å². The third kappa shape index (κ3) is 2.95. The van der Waals surface area contributed by atoms with E-state index in [-0.39, 0.29) is 6.04 Å². The highest BCUT2D eigenvalue weighted by Gasteiger charge is 2.31. The van der Waals surface area contributed by atoms with Crippen molar-refractivity contribution in [1.29, 1.82) is 0 Å². The topological polar surface area (TPSA) is 46.2 Å². The van der Waals surface area contributed by atoms with E-state index in [1.807, 2.05) is 0 Å². The van der Waals surface area contributed by atoms with E-state index in [9.17, 15) is 8.42 Å². The lowest BCUT2D eigenvalue weighted by atomic mass is 9.96. The van der Waals surface area contributed by atoms with Gasteiger partial charge in [0.1, 0.15) is 0 Å². The zero-order valence-corrected chi connectivity index (χ0v) is 10.2. The lowest BCUT2D eigenvalue weighted by Gasteiger charge is -2.27. The van der Waals surface area contributed by atoms with Crippen LogP contribution in [0.1, 0.15) is 52.9 Å². The van der Waals surface area contributed by atoms with E-state index in [0.717, 1.165) is 25.7 Å². The summed E-state index contributed by atoms with van der Waals surface area (Å²) in [5.74, 6) is 0. The minimum absolute atomic E-state index is 0.174. The molecular weight excluding hydrogens is 198 g/mol. The van der Waals surface area contributed by atoms with Gasteiger partial charge in [0.15, 0.2) is 0 Å². The Morgan fingerprint density at radius 3 is 2.00 bits per heavy atom. The number of hydrogen-bond donors (Lipinski definition) is 1. The average Bonchev–Trinajstić information content (AvgIpc) is 2.03. The molecule has 0 amide bonds. The van der Waals surface area contributed by atoms with Gasteiger partial charge in [-0.15, -0.1) is 0 Å². The first-order valence-electron chi connectivity index (χ1n) is 5.35. The molecule has 0 unspecified atom stereocenters. The van der Waals surface area contributed by atoms with Crippen molar-refractivity contribution < 1.29 is 8.42 Å². The summed E-state index contributed by atoms with van der Waals surface area (Å²) < 4.78 is 25.7. The SMILES string of the molecule is CC(C)(C)S(=O)(=O)NC1CCCCC1. The Hall–Kier alpha value is -0.0900. The van der Waals surface area contributed by atoms with E-state index >= 15 is 0 Å². The summed E-state index contributed by atoms with van der Waals surface area (Å²) in [7, 11) is -3.15. The highest BCUT2D eigenvalue weighted by Crippen LogP contribution is 2.21. The molecule has 1 N–H and O–H groups in total. The van der Waals surface area contributed by atoms with Gasteiger partial charge >= 0.3 is 0 Å². The van der Waals surface area contributed by atoms with Crippen LogP contribution in [0.2, 0.25) is 0 Å². The monoisotopic (exact) mass is 219 g/mol. The Morgan fingerprint density at radius 2 is 1.57 bits per heavy atom. The van der Waals surface area contributed by atoms with Gasteiger partial charge in [0.25, 0.3) is 0 Å². The van der Waals surface area contributed by atoms with Crippen LogP contribution in [0.25, 0.3) is 0 Å². The van der Waals surface area contributed by atoms with Crippen molar-refractivity contribution in [3.05, 3.63) is 0 Å². The quantitative estimate of drug-likeness (QED) is 0.772. The van der Waals surface area contributed by atoms with Crippen molar-refractivity contribution in [2.75, 3.05) is 0 Å². The zero-order valence-electron chi connectivity index (χ0n) is 9.34. The van der Waals surface area contributed by atoms with Crippen LogP contribution in [0.4, 0.5) is 0 Å². The fourth-order valence-corrected chi connectivity index (χ4v) is 2.64. The van der Waals surface area contributed by atoms with Crippen LogP contribution < -0.4 is 4.72 Å². The van der Waals surface area contributed by atoms with E-state index in [2.05, 4.69) is 4.72 Å². The van der Waals surface area contributed by atoms with Crippen LogP contribution in [0.5, 0.6) is 0 Å². The van der Waals surface area contributed by atoms with Crippen LogP contribution in [-0.2, 0) is 10.0 Å². The third-order valence-electron chi connectivity index (χ3n) is 2.73. The highest BCUT2D eigenvalue weighted by molar-refractivity contribution is 7.90. The van der Waals surface area contributed by atoms with Gasteiger partial charge in [-0.3, -0.25) is 0 Å². The fraction of sp³-hybridized carbons (Fsp3) is 1.00. The van der Waals surface area contributed by atoms with Gasteiger partial charge in [-0.2, -0.15) is 0 Å². The van der Waals surface area contributed by atoms with Crippen LogP contribution in [-0.4, -0.2) is 19.2 Å². The minimum atomic E-state index is -3.15. The molecule has 0 bridgehead atoms. The number of nitrogens with one attached hydrogen (secondary N) is 1. The average molecular weight is 219 g/mol. The minimum Gasteiger partial charge on any atom is -0.212 e. The molecule has 0 atom stereocenters. The molecule has 4 heteroatoms. The Kier molecular flexibility index (Phi) is 3.58. The standard InChI is InChI=1S/C10H21NO2S/c1-10(2,3)14(12,13)11-9-7-5-4-6-8-9/h9,11H,4-8H2,1-3H3. The molecule has 0 aliphatic heterocycles. The molecule has 1 saturated carbocycles. The van der Waals surface area contributed by atoms with Crippen LogP contribution in [0, 0.1) is 0 Å². The van der Waals surface area contributed by atoms with E-state index in [4.69, 9.17) is 0 Å². The maximum absolute atomic E-state index is 11.8. The van der Waals surface area contributed by atoms with E-state index in [1.54, 1.807) is 20.8 Å². The third-order valence-corrected chi connectivity index (χ3v) is 4.99. The smallest absolute Gasteiger partial charge is 0.212 e. The molecule has 14 heavy (non-hydrogen) atoms. The van der Waals surface area contributed by atoms with Crippen LogP contribution in [0.15, 0.2) is 0 Å². The summed E-state index contributed by atoms with van der Waals surface area (Å²) in [6.07, 6.45) is 5.53. The van der Waals surface area contributed by atoms with Crippen molar-refractivity contribution in [1.82, 2.24) is 4.72 Å². The molecule has 0 aromatic carbocycles. The predicted octanol–water partition coefficient (Wildman–Crippen LogP) is 2.04. The molecule has 0 aromatic rings. The summed E-state index contributed by atoms with van der Waals surface area (Å²) in [6, 6.07) is 0.174. The lowest BCUT2D eigenvalue weighted by Crippen LogP contribution is -2.45. The predicted molar refractivity (Wildman–Crippen MR) is 58.7 cm³/mol. The molecule has 0 saturated heterocycles. The Bertz CT molecular complexity index is 271. The largest absolute Gasteiger partial charge is 0.216 e. The molecule has 1 fully saturated rings. The molecular formula is C10H21NO2S. The first-order chi connectivity index (χ1) is 6.33. The van der Waals surface area contributed by atoms with Crippen molar-refractivity contribution in [2.45, 2.75) is 63.7 Å². The second-order valence-electron chi connectivity index (χ2n) is 5.07. The zero-order chi connectivity index (χ0) is 10.8. The molecule has 3 nitrogen and oxygen atoms in total. The van der Waals surface area contributed by atoms with Gasteiger partial charge in [0.2, 0.25) is 10.0 Å². The molecule has 0 spiro atoms. The molecule has 84 valence electrons. The normalized spacial score (nSPS) is 21.1. The summed E-state index contributed by atoms with van der Waals surface area (Å²) in [6.45, 7) is 5.20. The van der Waals surface area contributed by atoms with E-state index in [1.165, 1.54) is 6.42 Å². The molecule has 0 radical (unpaired) electrons. The van der Waals surface area contributed by atoms with Crippen molar-refractivity contribution in [3.8, 4) is 0 Å². The Morgan fingerprint density at radius 1 is 1.07 bits per heavy atom. The summed E-state index contributed by atoms with van der Waals surface area (Å²) in [5, 5.41) is 0. The maximum atomic E-state index is 11.8. The Balaban J connectivity index is 2.58. The second-order valence-corrected chi connectivity index (χ2v) is 7.54. The van der Waals surface area contributed by atoms with Gasteiger partial charge in [-0.1, -0.05) is 19.3 Å². The Labute approximate surface area is 87.3 Å². The fourth-order valence-electron chi connectivity index (χ4n) is 1.62. The number of sulfonamides is 1. The van der Waals surface area contributed by atoms with Gasteiger partial charge in [0, 0.05) is 6.04 Å². The van der Waals surface area contributed by atoms with Crippen molar-refractivity contribution >= 4 is 10.0 Å². The summed E-state index contributed by atoms with van der Waals surface area (Å²) in [5.41, 5.74) is 0. The lowest BCUT2D eigenvalue weighted by molar-refractivity contribution is 0.407. The summed E-state index contributed by atoms with van der Waals surface area (Å²) >= 11 is 0. The van der Waals surface area contributed by atoms with E-state index in [0.29, 0.717) is 0 Å². The molecule has 1 aliphatic rings. The molecule has 0 aromatic heterocycles. The summed E-state index contributed by atoms with van der Waals surface area (Å²) in [4.78, 5) is 0. The second kappa shape index (κ2) is 4.19. The molecule has 0 heterocycles. The maximum Gasteiger partial charge on any atom is 0.216 e. The number of rotatable bonds is 2. The van der Waals surface area contributed by atoms with E-state index < -0.39 is 14.8 Å². The molecule has 1 aliphatic carbocycles. The number of hydrogen-bond acceptors (Lipinski definition) is 2. The van der Waals surface area contributed by atoms with Gasteiger partial charge in [0.05, 0.1) is 4.75 Å². The molecule has 1 rings (SSSR count).